The van der Waals surface area contributed by atoms with Crippen LogP contribution in [0.3, 0.4) is 0 Å². The van der Waals surface area contributed by atoms with Gasteiger partial charge in [-0.3, -0.25) is 4.79 Å². The van der Waals surface area contributed by atoms with E-state index >= 15 is 0 Å². The standard InChI is InChI=1S/C17H22N2OS/c18-16(21)13-7-9-14(10-8-13)17(20)19-11-3-5-12-4-1-2-6-15(12)19/h7-10,12,15H,1-6,11H2,(H2,18,21)/t12-,15-/m1/s1. The summed E-state index contributed by atoms with van der Waals surface area (Å²) in [6.07, 6.45) is 7.46. The van der Waals surface area contributed by atoms with Gasteiger partial charge in [0, 0.05) is 23.7 Å². The fourth-order valence-electron chi connectivity index (χ4n) is 3.82. The highest BCUT2D eigenvalue weighted by molar-refractivity contribution is 7.80. The Morgan fingerprint density at radius 1 is 1.05 bits per heavy atom. The maximum absolute atomic E-state index is 12.8. The monoisotopic (exact) mass is 302 g/mol. The molecular weight excluding hydrogens is 280 g/mol. The molecule has 0 radical (unpaired) electrons. The highest BCUT2D eigenvalue weighted by Crippen LogP contribution is 2.35. The number of benzene rings is 1. The molecular formula is C17H22N2OS. The van der Waals surface area contributed by atoms with E-state index in [0.717, 1.165) is 24.1 Å². The van der Waals surface area contributed by atoms with Crippen molar-refractivity contribution in [1.29, 1.82) is 0 Å². The van der Waals surface area contributed by atoms with Gasteiger partial charge in [0.1, 0.15) is 4.99 Å². The minimum Gasteiger partial charge on any atom is -0.389 e. The van der Waals surface area contributed by atoms with Crippen LogP contribution in [0, 0.1) is 5.92 Å². The number of amides is 1. The molecule has 1 aliphatic carbocycles. The summed E-state index contributed by atoms with van der Waals surface area (Å²) in [5.41, 5.74) is 7.17. The summed E-state index contributed by atoms with van der Waals surface area (Å²) in [4.78, 5) is 15.3. The fourth-order valence-corrected chi connectivity index (χ4v) is 3.96. The van der Waals surface area contributed by atoms with Gasteiger partial charge in [-0.25, -0.2) is 0 Å². The van der Waals surface area contributed by atoms with Gasteiger partial charge >= 0.3 is 0 Å². The summed E-state index contributed by atoms with van der Waals surface area (Å²) in [5.74, 6) is 0.883. The molecule has 1 saturated carbocycles. The maximum Gasteiger partial charge on any atom is 0.254 e. The molecule has 21 heavy (non-hydrogen) atoms. The molecule has 2 fully saturated rings. The molecule has 1 amide bonds. The summed E-state index contributed by atoms with van der Waals surface area (Å²) >= 11 is 4.95. The van der Waals surface area contributed by atoms with Gasteiger partial charge in [0.05, 0.1) is 0 Å². The number of carbonyl (C=O) groups is 1. The minimum absolute atomic E-state index is 0.168. The number of nitrogens with zero attached hydrogens (tertiary/aromatic N) is 1. The van der Waals surface area contributed by atoms with E-state index in [-0.39, 0.29) is 5.91 Å². The Kier molecular flexibility index (Phi) is 4.24. The maximum atomic E-state index is 12.8. The molecule has 1 heterocycles. The molecule has 2 atom stereocenters. The van der Waals surface area contributed by atoms with E-state index in [2.05, 4.69) is 4.90 Å². The van der Waals surface area contributed by atoms with Crippen LogP contribution in [0.2, 0.25) is 0 Å². The number of likely N-dealkylation sites (tertiary alicyclic amines) is 1. The van der Waals surface area contributed by atoms with Gasteiger partial charge in [-0.05, 0) is 43.7 Å². The van der Waals surface area contributed by atoms with Crippen molar-refractivity contribution >= 4 is 23.1 Å². The molecule has 0 unspecified atom stereocenters. The first kappa shape index (κ1) is 14.5. The van der Waals surface area contributed by atoms with Crippen LogP contribution in [0.1, 0.15) is 54.4 Å². The first-order valence-corrected chi connectivity index (χ1v) is 8.28. The Bertz CT molecular complexity index is 538. The predicted molar refractivity (Wildman–Crippen MR) is 88.3 cm³/mol. The van der Waals surface area contributed by atoms with Gasteiger partial charge in [0.2, 0.25) is 0 Å². The molecule has 0 spiro atoms. The lowest BCUT2D eigenvalue weighted by molar-refractivity contribution is 0.0390. The van der Waals surface area contributed by atoms with Crippen molar-refractivity contribution in [2.75, 3.05) is 6.54 Å². The van der Waals surface area contributed by atoms with Crippen molar-refractivity contribution in [3.05, 3.63) is 35.4 Å². The Morgan fingerprint density at radius 2 is 1.67 bits per heavy atom. The Balaban J connectivity index is 1.78. The first-order chi connectivity index (χ1) is 10.2. The van der Waals surface area contributed by atoms with E-state index in [0.29, 0.717) is 16.9 Å². The van der Waals surface area contributed by atoms with Gasteiger partial charge in [-0.1, -0.05) is 37.2 Å². The Hall–Kier alpha value is -1.42. The van der Waals surface area contributed by atoms with E-state index in [1.807, 2.05) is 24.3 Å². The second-order valence-electron chi connectivity index (χ2n) is 6.19. The van der Waals surface area contributed by atoms with Crippen LogP contribution in [-0.4, -0.2) is 28.4 Å². The molecule has 0 aromatic heterocycles. The minimum atomic E-state index is 0.168. The van der Waals surface area contributed by atoms with Crippen LogP contribution >= 0.6 is 12.2 Å². The number of hydrogen-bond acceptors (Lipinski definition) is 2. The lowest BCUT2D eigenvalue weighted by Gasteiger charge is -2.44. The SMILES string of the molecule is NC(=S)c1ccc(C(=O)N2CCC[C@H]3CCCC[C@H]32)cc1. The normalized spacial score (nSPS) is 25.2. The molecule has 1 aliphatic heterocycles. The second kappa shape index (κ2) is 6.14. The first-order valence-electron chi connectivity index (χ1n) is 7.87. The molecule has 0 bridgehead atoms. The van der Waals surface area contributed by atoms with Crippen molar-refractivity contribution < 1.29 is 4.79 Å². The lowest BCUT2D eigenvalue weighted by atomic mass is 9.78. The van der Waals surface area contributed by atoms with E-state index in [9.17, 15) is 4.79 Å². The molecule has 1 saturated heterocycles. The van der Waals surface area contributed by atoms with Gasteiger partial charge in [0.25, 0.3) is 5.91 Å². The molecule has 2 N–H and O–H groups in total. The molecule has 3 nitrogen and oxygen atoms in total. The lowest BCUT2D eigenvalue weighted by Crippen LogP contribution is -2.49. The molecule has 3 rings (SSSR count). The molecule has 4 heteroatoms. The number of rotatable bonds is 2. The van der Waals surface area contributed by atoms with Crippen LogP contribution in [0.5, 0.6) is 0 Å². The number of fused-ring (bicyclic) bond motifs is 1. The zero-order valence-electron chi connectivity index (χ0n) is 12.3. The zero-order valence-corrected chi connectivity index (χ0v) is 13.1. The second-order valence-corrected chi connectivity index (χ2v) is 6.63. The molecule has 112 valence electrons. The average molecular weight is 302 g/mol. The van der Waals surface area contributed by atoms with Crippen LogP contribution in [0.4, 0.5) is 0 Å². The number of carbonyl (C=O) groups excluding carboxylic acids is 1. The van der Waals surface area contributed by atoms with Gasteiger partial charge < -0.3 is 10.6 Å². The van der Waals surface area contributed by atoms with Gasteiger partial charge in [-0.15, -0.1) is 0 Å². The number of thiocarbonyl (C=S) groups is 1. The van der Waals surface area contributed by atoms with Crippen molar-refractivity contribution in [2.24, 2.45) is 11.7 Å². The van der Waals surface area contributed by atoms with Crippen molar-refractivity contribution in [1.82, 2.24) is 4.90 Å². The third kappa shape index (κ3) is 2.95. The quantitative estimate of drug-likeness (QED) is 0.854. The van der Waals surface area contributed by atoms with E-state index < -0.39 is 0 Å². The highest BCUT2D eigenvalue weighted by Gasteiger charge is 2.35. The van der Waals surface area contributed by atoms with Crippen LogP contribution in [0.15, 0.2) is 24.3 Å². The zero-order chi connectivity index (χ0) is 14.8. The van der Waals surface area contributed by atoms with Crippen LogP contribution in [-0.2, 0) is 0 Å². The number of piperidine rings is 1. The van der Waals surface area contributed by atoms with E-state index in [1.165, 1.54) is 32.1 Å². The van der Waals surface area contributed by atoms with E-state index in [1.54, 1.807) is 0 Å². The van der Waals surface area contributed by atoms with Crippen molar-refractivity contribution in [3.63, 3.8) is 0 Å². The van der Waals surface area contributed by atoms with Crippen molar-refractivity contribution in [2.45, 2.75) is 44.6 Å². The largest absolute Gasteiger partial charge is 0.389 e. The smallest absolute Gasteiger partial charge is 0.254 e. The predicted octanol–water partition coefficient (Wildman–Crippen LogP) is 3.12. The average Bonchev–Trinajstić information content (AvgIpc) is 2.53. The number of hydrogen-bond donors (Lipinski definition) is 1. The summed E-state index contributed by atoms with van der Waals surface area (Å²) in [6, 6.07) is 7.85. The molecule has 1 aromatic rings. The summed E-state index contributed by atoms with van der Waals surface area (Å²) in [5, 5.41) is 0. The fraction of sp³-hybridized carbons (Fsp3) is 0.529. The molecule has 1 aromatic carbocycles. The summed E-state index contributed by atoms with van der Waals surface area (Å²) in [7, 11) is 0. The third-order valence-corrected chi connectivity index (χ3v) is 5.16. The van der Waals surface area contributed by atoms with E-state index in [4.69, 9.17) is 18.0 Å². The summed E-state index contributed by atoms with van der Waals surface area (Å²) < 4.78 is 0. The number of nitrogens with two attached hydrogens (primary N) is 1. The summed E-state index contributed by atoms with van der Waals surface area (Å²) in [6.45, 7) is 0.900. The highest BCUT2D eigenvalue weighted by atomic mass is 32.1. The van der Waals surface area contributed by atoms with Crippen LogP contribution in [0.25, 0.3) is 0 Å². The van der Waals surface area contributed by atoms with Crippen molar-refractivity contribution in [3.8, 4) is 0 Å². The Morgan fingerprint density at radius 3 is 2.38 bits per heavy atom. The van der Waals surface area contributed by atoms with Gasteiger partial charge in [0.15, 0.2) is 0 Å². The topological polar surface area (TPSA) is 46.3 Å². The molecule has 2 aliphatic rings. The third-order valence-electron chi connectivity index (χ3n) is 4.92. The van der Waals surface area contributed by atoms with Gasteiger partial charge in [-0.2, -0.15) is 0 Å². The van der Waals surface area contributed by atoms with Crippen LogP contribution < -0.4 is 5.73 Å². The Labute approximate surface area is 131 Å².